The monoisotopic (exact) mass is 341 g/mol. The highest BCUT2D eigenvalue weighted by atomic mass is 127. The maximum atomic E-state index is 11.1. The van der Waals surface area contributed by atoms with E-state index in [0.717, 1.165) is 9.13 Å². The van der Waals surface area contributed by atoms with Crippen LogP contribution in [0.5, 0.6) is 0 Å². The van der Waals surface area contributed by atoms with Gasteiger partial charge >= 0.3 is 0 Å². The van der Waals surface area contributed by atoms with Crippen LogP contribution in [0.25, 0.3) is 0 Å². The molecule has 6 heteroatoms. The second kappa shape index (κ2) is 4.04. The zero-order valence-corrected chi connectivity index (χ0v) is 10.8. The van der Waals surface area contributed by atoms with Crippen molar-refractivity contribution in [2.45, 2.75) is 11.8 Å². The van der Waals surface area contributed by atoms with E-state index in [1.54, 1.807) is 13.0 Å². The number of rotatable bonds is 1. The van der Waals surface area contributed by atoms with Gasteiger partial charge in [-0.2, -0.15) is 5.26 Å². The number of hydrogen-bond donors (Lipinski definition) is 0. The Morgan fingerprint density at radius 3 is 2.50 bits per heavy atom. The van der Waals surface area contributed by atoms with Crippen LogP contribution in [-0.4, -0.2) is 8.42 Å². The largest absolute Gasteiger partial charge is 0.262 e. The summed E-state index contributed by atoms with van der Waals surface area (Å²) in [4.78, 5) is -0.125. The number of nitriles is 1. The fourth-order valence-corrected chi connectivity index (χ4v) is 2.48. The smallest absolute Gasteiger partial charge is 0.207 e. The molecule has 0 fully saturated rings. The van der Waals surface area contributed by atoms with Crippen molar-refractivity contribution in [2.24, 2.45) is 0 Å². The molecule has 0 heterocycles. The molecule has 14 heavy (non-hydrogen) atoms. The number of hydrogen-bond acceptors (Lipinski definition) is 3. The lowest BCUT2D eigenvalue weighted by Gasteiger charge is -2.03. The van der Waals surface area contributed by atoms with Gasteiger partial charge in [0.15, 0.2) is 0 Å². The molecule has 0 aromatic heterocycles. The van der Waals surface area contributed by atoms with Gasteiger partial charge in [0.25, 0.3) is 9.05 Å². The zero-order valence-electron chi connectivity index (χ0n) is 7.08. The van der Waals surface area contributed by atoms with Crippen LogP contribution in [0.1, 0.15) is 11.1 Å². The van der Waals surface area contributed by atoms with Crippen molar-refractivity contribution in [1.82, 2.24) is 0 Å². The highest BCUT2D eigenvalue weighted by molar-refractivity contribution is 14.1. The van der Waals surface area contributed by atoms with E-state index in [0.29, 0.717) is 0 Å². The molecule has 0 spiro atoms. The highest BCUT2D eigenvalue weighted by Gasteiger charge is 2.17. The molecule has 1 rings (SSSR count). The molecule has 0 radical (unpaired) electrons. The highest BCUT2D eigenvalue weighted by Crippen LogP contribution is 2.24. The molecule has 0 atom stereocenters. The van der Waals surface area contributed by atoms with Crippen LogP contribution in [0.3, 0.4) is 0 Å². The Bertz CT molecular complexity index is 519. The minimum atomic E-state index is -3.84. The summed E-state index contributed by atoms with van der Waals surface area (Å²) in [5.41, 5.74) is 0.860. The molecule has 0 saturated heterocycles. The Morgan fingerprint density at radius 1 is 1.50 bits per heavy atom. The van der Waals surface area contributed by atoms with Gasteiger partial charge in [0, 0.05) is 14.3 Å². The third-order valence-corrected chi connectivity index (χ3v) is 4.17. The lowest BCUT2D eigenvalue weighted by molar-refractivity contribution is 0.609. The van der Waals surface area contributed by atoms with E-state index < -0.39 is 9.05 Å². The van der Waals surface area contributed by atoms with E-state index in [4.69, 9.17) is 15.9 Å². The molecule has 0 unspecified atom stereocenters. The topological polar surface area (TPSA) is 57.9 Å². The predicted molar refractivity (Wildman–Crippen MR) is 61.6 cm³/mol. The second-order valence-corrected chi connectivity index (χ2v) is 6.34. The van der Waals surface area contributed by atoms with Gasteiger partial charge in [0.2, 0.25) is 0 Å². The molecule has 0 N–H and O–H groups in total. The average molecular weight is 342 g/mol. The molecular formula is C8H5ClINO2S. The fourth-order valence-electron chi connectivity index (χ4n) is 0.944. The van der Waals surface area contributed by atoms with Gasteiger partial charge in [-0.25, -0.2) is 8.42 Å². The number of aryl methyl sites for hydroxylation is 1. The van der Waals surface area contributed by atoms with E-state index in [1.807, 2.05) is 22.6 Å². The molecule has 0 aliphatic heterocycles. The van der Waals surface area contributed by atoms with Crippen molar-refractivity contribution in [3.05, 3.63) is 26.8 Å². The average Bonchev–Trinajstić information content (AvgIpc) is 2.07. The predicted octanol–water partition coefficient (Wildman–Crippen LogP) is 2.40. The lowest BCUT2D eigenvalue weighted by Crippen LogP contribution is -1.97. The first kappa shape index (κ1) is 11.8. The van der Waals surface area contributed by atoms with Crippen LogP contribution in [0.2, 0.25) is 0 Å². The molecule has 1 aromatic carbocycles. The standard InChI is InChI=1S/C8H5ClINO2S/c1-5-2-8(14(9,12)13)6(4-11)3-7(5)10/h2-3H,1H3. The van der Waals surface area contributed by atoms with Gasteiger partial charge in [-0.1, -0.05) is 0 Å². The first-order valence-corrected chi connectivity index (χ1v) is 6.90. The lowest BCUT2D eigenvalue weighted by atomic mass is 10.2. The van der Waals surface area contributed by atoms with Gasteiger partial charge in [0.05, 0.1) is 5.56 Å². The molecule has 74 valence electrons. The van der Waals surface area contributed by atoms with Gasteiger partial charge in [-0.05, 0) is 47.2 Å². The molecule has 0 aliphatic rings. The van der Waals surface area contributed by atoms with Crippen molar-refractivity contribution in [2.75, 3.05) is 0 Å². The van der Waals surface area contributed by atoms with Crippen molar-refractivity contribution in [3.63, 3.8) is 0 Å². The minimum Gasteiger partial charge on any atom is -0.207 e. The van der Waals surface area contributed by atoms with Crippen LogP contribution >= 0.6 is 33.3 Å². The number of halogens is 2. The summed E-state index contributed by atoms with van der Waals surface area (Å²) < 4.78 is 23.0. The quantitative estimate of drug-likeness (QED) is 0.582. The number of benzene rings is 1. The van der Waals surface area contributed by atoms with E-state index in [9.17, 15) is 8.42 Å². The third-order valence-electron chi connectivity index (χ3n) is 1.64. The Kier molecular flexibility index (Phi) is 3.40. The van der Waals surface area contributed by atoms with Crippen molar-refractivity contribution in [1.29, 1.82) is 5.26 Å². The normalized spacial score (nSPS) is 11.0. The van der Waals surface area contributed by atoms with Crippen LogP contribution in [0.15, 0.2) is 17.0 Å². The molecule has 0 aliphatic carbocycles. The van der Waals surface area contributed by atoms with E-state index in [-0.39, 0.29) is 10.5 Å². The molecule has 0 bridgehead atoms. The summed E-state index contributed by atoms with van der Waals surface area (Å²) >= 11 is 2.03. The molecule has 1 aromatic rings. The molecule has 0 amide bonds. The van der Waals surface area contributed by atoms with Crippen LogP contribution < -0.4 is 0 Å². The Balaban J connectivity index is 3.61. The first-order valence-electron chi connectivity index (χ1n) is 3.51. The first-order chi connectivity index (χ1) is 6.36. The van der Waals surface area contributed by atoms with Crippen LogP contribution in [0, 0.1) is 21.8 Å². The van der Waals surface area contributed by atoms with Crippen LogP contribution in [0.4, 0.5) is 0 Å². The maximum Gasteiger partial charge on any atom is 0.262 e. The van der Waals surface area contributed by atoms with Crippen molar-refractivity contribution >= 4 is 42.3 Å². The zero-order chi connectivity index (χ0) is 10.9. The Hall–Kier alpha value is -0.320. The Morgan fingerprint density at radius 2 is 2.07 bits per heavy atom. The summed E-state index contributed by atoms with van der Waals surface area (Å²) in [6, 6.07) is 4.71. The fraction of sp³-hybridized carbons (Fsp3) is 0.125. The number of nitrogens with zero attached hydrogens (tertiary/aromatic N) is 1. The Labute approximate surface area is 100 Å². The molecule has 3 nitrogen and oxygen atoms in total. The van der Waals surface area contributed by atoms with Crippen molar-refractivity contribution < 1.29 is 8.42 Å². The van der Waals surface area contributed by atoms with E-state index >= 15 is 0 Å². The summed E-state index contributed by atoms with van der Waals surface area (Å²) in [6.07, 6.45) is 0. The van der Waals surface area contributed by atoms with Gasteiger partial charge in [-0.3, -0.25) is 0 Å². The second-order valence-electron chi connectivity index (χ2n) is 2.65. The van der Waals surface area contributed by atoms with E-state index in [2.05, 4.69) is 0 Å². The third kappa shape index (κ3) is 2.38. The van der Waals surface area contributed by atoms with Crippen molar-refractivity contribution in [3.8, 4) is 6.07 Å². The summed E-state index contributed by atoms with van der Waals surface area (Å²) in [6.45, 7) is 1.76. The molecule has 0 saturated carbocycles. The molecular weight excluding hydrogens is 337 g/mol. The SMILES string of the molecule is Cc1cc(S(=O)(=O)Cl)c(C#N)cc1I. The van der Waals surface area contributed by atoms with Gasteiger partial charge in [0.1, 0.15) is 11.0 Å². The summed E-state index contributed by atoms with van der Waals surface area (Å²) in [5.74, 6) is 0. The van der Waals surface area contributed by atoms with Gasteiger partial charge < -0.3 is 0 Å². The summed E-state index contributed by atoms with van der Waals surface area (Å²) in [7, 11) is 1.35. The maximum absolute atomic E-state index is 11.1. The summed E-state index contributed by atoms with van der Waals surface area (Å²) in [5, 5.41) is 8.72. The van der Waals surface area contributed by atoms with Crippen LogP contribution in [-0.2, 0) is 9.05 Å². The van der Waals surface area contributed by atoms with E-state index in [1.165, 1.54) is 12.1 Å². The minimum absolute atomic E-state index is 0.0787. The van der Waals surface area contributed by atoms with Gasteiger partial charge in [-0.15, -0.1) is 0 Å².